The van der Waals surface area contributed by atoms with Gasteiger partial charge in [-0.05, 0) is 6.92 Å². The molecule has 1 heterocycles. The second kappa shape index (κ2) is 5.40. The van der Waals surface area contributed by atoms with Crippen LogP contribution < -0.4 is 4.74 Å². The standard InChI is InChI=1S/C8H10N2O4S/c1-2-13-6(11)4-14-5-3-9-8(15)10-7(5)12/h3H,2,4H2,1H3,(H2,9,10,12,15). The lowest BCUT2D eigenvalue weighted by molar-refractivity contribution is -0.145. The minimum Gasteiger partial charge on any atom is -0.491 e. The Hall–Kier alpha value is -1.50. The van der Waals surface area contributed by atoms with Crippen LogP contribution in [-0.4, -0.2) is 34.3 Å². The molecule has 0 aliphatic heterocycles. The molecule has 0 fully saturated rings. The zero-order valence-corrected chi connectivity index (χ0v) is 8.90. The third-order valence-electron chi connectivity index (χ3n) is 1.37. The number of rotatable bonds is 4. The maximum Gasteiger partial charge on any atom is 0.344 e. The summed E-state index contributed by atoms with van der Waals surface area (Å²) in [4.78, 5) is 18.1. The molecule has 0 spiro atoms. The fourth-order valence-corrected chi connectivity index (χ4v) is 0.946. The van der Waals surface area contributed by atoms with E-state index in [0.29, 0.717) is 0 Å². The lowest BCUT2D eigenvalue weighted by atomic mass is 10.5. The number of carbonyl (C=O) groups excluding carboxylic acids is 1. The van der Waals surface area contributed by atoms with E-state index in [-0.39, 0.29) is 30.0 Å². The van der Waals surface area contributed by atoms with Crippen LogP contribution in [0.15, 0.2) is 11.4 Å². The highest BCUT2D eigenvalue weighted by Crippen LogP contribution is 2.22. The molecule has 0 aliphatic carbocycles. The molecule has 0 bridgehead atoms. The van der Waals surface area contributed by atoms with E-state index in [1.165, 1.54) is 6.20 Å². The van der Waals surface area contributed by atoms with Gasteiger partial charge in [0.15, 0.2) is 17.5 Å². The molecule has 7 heteroatoms. The van der Waals surface area contributed by atoms with Gasteiger partial charge in [0, 0.05) is 0 Å². The Balaban J connectivity index is 2.54. The van der Waals surface area contributed by atoms with Crippen molar-refractivity contribution in [2.45, 2.75) is 12.1 Å². The number of carbonyl (C=O) groups is 1. The van der Waals surface area contributed by atoms with Gasteiger partial charge in [-0.1, -0.05) is 0 Å². The first-order chi connectivity index (χ1) is 7.13. The van der Waals surface area contributed by atoms with Gasteiger partial charge >= 0.3 is 5.97 Å². The maximum atomic E-state index is 10.9. The molecule has 0 unspecified atom stereocenters. The van der Waals surface area contributed by atoms with Gasteiger partial charge in [-0.25, -0.2) is 9.78 Å². The fraction of sp³-hybridized carbons (Fsp3) is 0.375. The molecular formula is C8H10N2O4S. The monoisotopic (exact) mass is 230 g/mol. The van der Waals surface area contributed by atoms with Crippen LogP contribution in [-0.2, 0) is 9.53 Å². The quantitative estimate of drug-likeness (QED) is 0.443. The van der Waals surface area contributed by atoms with E-state index in [0.717, 1.165) is 0 Å². The maximum absolute atomic E-state index is 10.9. The van der Waals surface area contributed by atoms with Crippen LogP contribution in [0.2, 0.25) is 0 Å². The SMILES string of the molecule is CCOC(=O)COc1cnc(S)nc1O. The number of aromatic nitrogens is 2. The molecule has 0 saturated carbocycles. The van der Waals surface area contributed by atoms with E-state index < -0.39 is 5.97 Å². The van der Waals surface area contributed by atoms with E-state index in [2.05, 4.69) is 27.3 Å². The Morgan fingerprint density at radius 3 is 3.00 bits per heavy atom. The third-order valence-corrected chi connectivity index (χ3v) is 1.59. The smallest absolute Gasteiger partial charge is 0.344 e. The summed E-state index contributed by atoms with van der Waals surface area (Å²) in [5.74, 6) is -0.869. The Morgan fingerprint density at radius 1 is 1.67 bits per heavy atom. The van der Waals surface area contributed by atoms with E-state index in [4.69, 9.17) is 4.74 Å². The van der Waals surface area contributed by atoms with E-state index in [1.54, 1.807) is 6.92 Å². The molecule has 0 aromatic carbocycles. The number of esters is 1. The summed E-state index contributed by atoms with van der Waals surface area (Å²) in [5, 5.41) is 9.38. The van der Waals surface area contributed by atoms with Gasteiger partial charge in [-0.15, -0.1) is 12.6 Å². The molecule has 1 N–H and O–H groups in total. The van der Waals surface area contributed by atoms with Crippen molar-refractivity contribution < 1.29 is 19.4 Å². The molecule has 6 nitrogen and oxygen atoms in total. The third kappa shape index (κ3) is 3.62. The molecule has 15 heavy (non-hydrogen) atoms. The molecule has 82 valence electrons. The summed E-state index contributed by atoms with van der Waals surface area (Å²) < 4.78 is 9.55. The first-order valence-corrected chi connectivity index (χ1v) is 4.61. The second-order valence-corrected chi connectivity index (χ2v) is 2.85. The predicted molar refractivity (Wildman–Crippen MR) is 53.1 cm³/mol. The van der Waals surface area contributed by atoms with E-state index in [1.807, 2.05) is 0 Å². The van der Waals surface area contributed by atoms with E-state index >= 15 is 0 Å². The fourth-order valence-electron chi connectivity index (χ4n) is 0.794. The van der Waals surface area contributed by atoms with Crippen LogP contribution in [0.5, 0.6) is 11.6 Å². The van der Waals surface area contributed by atoms with Crippen molar-refractivity contribution >= 4 is 18.6 Å². The highest BCUT2D eigenvalue weighted by atomic mass is 32.1. The van der Waals surface area contributed by atoms with Crippen molar-refractivity contribution in [2.75, 3.05) is 13.2 Å². The Bertz CT molecular complexity index is 358. The Labute approximate surface area is 91.7 Å². The number of hydrogen-bond donors (Lipinski definition) is 2. The number of nitrogens with zero attached hydrogens (tertiary/aromatic N) is 2. The predicted octanol–water partition coefficient (Wildman–Crippen LogP) is 0.413. The highest BCUT2D eigenvalue weighted by Gasteiger charge is 2.08. The Kier molecular flexibility index (Phi) is 4.17. The lowest BCUT2D eigenvalue weighted by Crippen LogP contribution is -2.14. The normalized spacial score (nSPS) is 9.73. The molecule has 1 rings (SSSR count). The lowest BCUT2D eigenvalue weighted by Gasteiger charge is -2.06. The van der Waals surface area contributed by atoms with Crippen LogP contribution in [0.4, 0.5) is 0 Å². The molecule has 0 amide bonds. The summed E-state index contributed by atoms with van der Waals surface area (Å²) in [6, 6.07) is 0. The average molecular weight is 230 g/mol. The largest absolute Gasteiger partial charge is 0.491 e. The number of aromatic hydroxyl groups is 1. The first kappa shape index (κ1) is 11.6. The molecule has 0 aliphatic rings. The Morgan fingerprint density at radius 2 is 2.40 bits per heavy atom. The topological polar surface area (TPSA) is 81.5 Å². The molecule has 1 aromatic heterocycles. The number of ether oxygens (including phenoxy) is 2. The van der Waals surface area contributed by atoms with Gasteiger partial charge in [0.25, 0.3) is 5.88 Å². The van der Waals surface area contributed by atoms with E-state index in [9.17, 15) is 9.90 Å². The van der Waals surface area contributed by atoms with Gasteiger partial charge in [0.1, 0.15) is 0 Å². The van der Waals surface area contributed by atoms with Crippen molar-refractivity contribution in [3.63, 3.8) is 0 Å². The minimum absolute atomic E-state index is 0.0147. The molecule has 0 atom stereocenters. The zero-order chi connectivity index (χ0) is 11.3. The highest BCUT2D eigenvalue weighted by molar-refractivity contribution is 7.80. The van der Waals surface area contributed by atoms with Crippen LogP contribution in [0, 0.1) is 0 Å². The summed E-state index contributed by atoms with van der Waals surface area (Å²) >= 11 is 3.81. The summed E-state index contributed by atoms with van der Waals surface area (Å²) in [5.41, 5.74) is 0. The van der Waals surface area contributed by atoms with Crippen LogP contribution in [0.25, 0.3) is 0 Å². The van der Waals surface area contributed by atoms with Gasteiger partial charge < -0.3 is 14.6 Å². The summed E-state index contributed by atoms with van der Waals surface area (Å²) in [7, 11) is 0. The average Bonchev–Trinajstić information content (AvgIpc) is 2.17. The molecule has 0 saturated heterocycles. The molecule has 0 radical (unpaired) electrons. The molecule has 1 aromatic rings. The van der Waals surface area contributed by atoms with Crippen LogP contribution >= 0.6 is 12.6 Å². The second-order valence-electron chi connectivity index (χ2n) is 2.45. The van der Waals surface area contributed by atoms with Crippen molar-refractivity contribution in [1.29, 1.82) is 0 Å². The number of hydrogen-bond acceptors (Lipinski definition) is 7. The van der Waals surface area contributed by atoms with Gasteiger partial charge in [0.2, 0.25) is 0 Å². The van der Waals surface area contributed by atoms with Gasteiger partial charge in [0.05, 0.1) is 12.8 Å². The van der Waals surface area contributed by atoms with Crippen molar-refractivity contribution in [2.24, 2.45) is 0 Å². The first-order valence-electron chi connectivity index (χ1n) is 4.17. The molecular weight excluding hydrogens is 220 g/mol. The minimum atomic E-state index is -0.521. The van der Waals surface area contributed by atoms with Gasteiger partial charge in [-0.2, -0.15) is 4.98 Å². The van der Waals surface area contributed by atoms with Gasteiger partial charge in [-0.3, -0.25) is 0 Å². The summed E-state index contributed by atoms with van der Waals surface area (Å²) in [6.45, 7) is 1.67. The van der Waals surface area contributed by atoms with Crippen LogP contribution in [0.3, 0.4) is 0 Å². The number of thiol groups is 1. The van der Waals surface area contributed by atoms with Crippen molar-refractivity contribution in [3.05, 3.63) is 6.20 Å². The van der Waals surface area contributed by atoms with Crippen molar-refractivity contribution in [3.8, 4) is 11.6 Å². The van der Waals surface area contributed by atoms with Crippen molar-refractivity contribution in [1.82, 2.24) is 9.97 Å². The summed E-state index contributed by atoms with van der Waals surface area (Å²) in [6.07, 6.45) is 1.23. The van der Waals surface area contributed by atoms with Crippen LogP contribution in [0.1, 0.15) is 6.92 Å². The zero-order valence-electron chi connectivity index (χ0n) is 8.01.